The van der Waals surface area contributed by atoms with E-state index in [9.17, 15) is 8.42 Å². The van der Waals surface area contributed by atoms with Crippen LogP contribution in [-0.2, 0) is 14.6 Å². The molecule has 4 nitrogen and oxygen atoms in total. The Kier molecular flexibility index (Phi) is 18.7. The molecule has 1 N–H and O–H groups in total. The molecule has 15 heavy (non-hydrogen) atoms. The van der Waals surface area contributed by atoms with Crippen molar-refractivity contribution >= 4 is 10.4 Å². The van der Waals surface area contributed by atoms with Crippen LogP contribution in [0.2, 0.25) is 0 Å². The third kappa shape index (κ3) is 21.0. The first-order chi connectivity index (χ1) is 6.06. The summed E-state index contributed by atoms with van der Waals surface area (Å²) in [5.74, 6) is 0. The standard InChI is InChI=1S/C8H18O4S.2Li.2H/c1-2-3-4-5-6-7-8-12-13(9,10)11;;;;/h2-8H2,1H3,(H,9,10,11);;;;/q;2*+1;2*-1. The average molecular weight is 226 g/mol. The summed E-state index contributed by atoms with van der Waals surface area (Å²) in [5, 5.41) is 0. The van der Waals surface area contributed by atoms with Gasteiger partial charge in [0.25, 0.3) is 0 Å². The van der Waals surface area contributed by atoms with Crippen molar-refractivity contribution in [2.45, 2.75) is 45.4 Å². The molecule has 0 fully saturated rings. The molecule has 0 aromatic heterocycles. The molecule has 0 aliphatic rings. The van der Waals surface area contributed by atoms with Gasteiger partial charge in [-0.25, -0.2) is 4.18 Å². The zero-order chi connectivity index (χ0) is 10.2. The minimum Gasteiger partial charge on any atom is -1.00 e. The van der Waals surface area contributed by atoms with Gasteiger partial charge in [-0.05, 0) is 6.42 Å². The molecule has 0 unspecified atom stereocenters. The van der Waals surface area contributed by atoms with Gasteiger partial charge in [-0.1, -0.05) is 39.0 Å². The molecule has 84 valence electrons. The predicted octanol–water partition coefficient (Wildman–Crippen LogP) is -3.60. The fraction of sp³-hybridized carbons (Fsp3) is 1.00. The quantitative estimate of drug-likeness (QED) is 0.264. The van der Waals surface area contributed by atoms with Crippen molar-refractivity contribution in [3.63, 3.8) is 0 Å². The maximum absolute atomic E-state index is 10.1. The van der Waals surface area contributed by atoms with Crippen LogP contribution in [-0.4, -0.2) is 19.6 Å². The van der Waals surface area contributed by atoms with E-state index in [0.29, 0.717) is 6.42 Å². The summed E-state index contributed by atoms with van der Waals surface area (Å²) in [5.41, 5.74) is 0. The topological polar surface area (TPSA) is 63.6 Å². The molecule has 7 heteroatoms. The van der Waals surface area contributed by atoms with Crippen LogP contribution in [0.25, 0.3) is 0 Å². The van der Waals surface area contributed by atoms with Crippen molar-refractivity contribution in [1.82, 2.24) is 0 Å². The predicted molar refractivity (Wildman–Crippen MR) is 53.1 cm³/mol. The number of hydrogen-bond donors (Lipinski definition) is 1. The SMILES string of the molecule is CCCCCCCCOS(=O)(=O)O.[H-].[H-].[Li+].[Li+]. The van der Waals surface area contributed by atoms with Crippen molar-refractivity contribution < 1.29 is 57.7 Å². The van der Waals surface area contributed by atoms with Crippen molar-refractivity contribution in [3.05, 3.63) is 0 Å². The molecule has 0 amide bonds. The Hall–Kier alpha value is 1.06. The van der Waals surface area contributed by atoms with Gasteiger partial charge in [0.15, 0.2) is 0 Å². The van der Waals surface area contributed by atoms with E-state index in [1.807, 2.05) is 0 Å². The van der Waals surface area contributed by atoms with Crippen molar-refractivity contribution in [2.24, 2.45) is 0 Å². The fourth-order valence-corrected chi connectivity index (χ4v) is 1.38. The van der Waals surface area contributed by atoms with E-state index >= 15 is 0 Å². The largest absolute Gasteiger partial charge is 1.00 e. The minimum absolute atomic E-state index is 0. The van der Waals surface area contributed by atoms with Gasteiger partial charge in [0, 0.05) is 0 Å². The molecule has 0 aliphatic carbocycles. The Morgan fingerprint density at radius 1 is 1.07 bits per heavy atom. The summed E-state index contributed by atoms with van der Waals surface area (Å²) in [6.07, 6.45) is 6.34. The monoisotopic (exact) mass is 226 g/mol. The van der Waals surface area contributed by atoms with E-state index in [4.69, 9.17) is 4.55 Å². The zero-order valence-electron chi connectivity index (χ0n) is 12.0. The van der Waals surface area contributed by atoms with Crippen LogP contribution in [0, 0.1) is 0 Å². The second-order valence-electron chi connectivity index (χ2n) is 3.02. The van der Waals surface area contributed by atoms with Crippen molar-refractivity contribution in [2.75, 3.05) is 6.61 Å². The first kappa shape index (κ1) is 21.4. The Balaban J connectivity index is -0.000000120. The Bertz CT molecular complexity index is 216. The second kappa shape index (κ2) is 13.1. The summed E-state index contributed by atoms with van der Waals surface area (Å²) in [6, 6.07) is 0. The van der Waals surface area contributed by atoms with E-state index in [1.54, 1.807) is 0 Å². The molecular formula is C8H20Li2O4S. The molecule has 0 rings (SSSR count). The van der Waals surface area contributed by atoms with Crippen LogP contribution in [0.1, 0.15) is 48.3 Å². The molecule has 0 bridgehead atoms. The Morgan fingerprint density at radius 2 is 1.53 bits per heavy atom. The Labute approximate surface area is 120 Å². The molecule has 0 aliphatic heterocycles. The van der Waals surface area contributed by atoms with E-state index in [2.05, 4.69) is 11.1 Å². The van der Waals surface area contributed by atoms with E-state index in [1.165, 1.54) is 19.3 Å². The zero-order valence-corrected chi connectivity index (χ0v) is 10.8. The molecule has 0 aromatic carbocycles. The van der Waals surface area contributed by atoms with Crippen LogP contribution in [0.5, 0.6) is 0 Å². The summed E-state index contributed by atoms with van der Waals surface area (Å²) >= 11 is 0. The molecule has 0 aromatic rings. The third-order valence-corrected chi connectivity index (χ3v) is 2.19. The summed E-state index contributed by atoms with van der Waals surface area (Å²) in [6.45, 7) is 2.23. The first-order valence-electron chi connectivity index (χ1n) is 4.68. The maximum atomic E-state index is 10.1. The Morgan fingerprint density at radius 3 is 2.00 bits per heavy atom. The van der Waals surface area contributed by atoms with E-state index in [-0.39, 0.29) is 47.2 Å². The second-order valence-corrected chi connectivity index (χ2v) is 4.11. The molecule has 0 spiro atoms. The molecular weight excluding hydrogens is 206 g/mol. The van der Waals surface area contributed by atoms with Gasteiger partial charge >= 0.3 is 48.1 Å². The van der Waals surface area contributed by atoms with Crippen molar-refractivity contribution in [1.29, 1.82) is 0 Å². The summed E-state index contributed by atoms with van der Waals surface area (Å²) in [7, 11) is -4.22. The summed E-state index contributed by atoms with van der Waals surface area (Å²) < 4.78 is 32.6. The van der Waals surface area contributed by atoms with Crippen LogP contribution in [0.4, 0.5) is 0 Å². The summed E-state index contributed by atoms with van der Waals surface area (Å²) in [4.78, 5) is 0. The number of hydrogen-bond acceptors (Lipinski definition) is 3. The minimum atomic E-state index is -4.22. The van der Waals surface area contributed by atoms with Crippen LogP contribution in [0.3, 0.4) is 0 Å². The van der Waals surface area contributed by atoms with Gasteiger partial charge in [0.2, 0.25) is 0 Å². The van der Waals surface area contributed by atoms with Crippen LogP contribution >= 0.6 is 0 Å². The van der Waals surface area contributed by atoms with Crippen molar-refractivity contribution in [3.8, 4) is 0 Å². The van der Waals surface area contributed by atoms with Crippen LogP contribution < -0.4 is 37.7 Å². The normalized spacial score (nSPS) is 10.3. The van der Waals surface area contributed by atoms with E-state index in [0.717, 1.165) is 12.8 Å². The molecule has 0 atom stereocenters. The van der Waals surface area contributed by atoms with Gasteiger partial charge in [0.1, 0.15) is 0 Å². The van der Waals surface area contributed by atoms with Crippen LogP contribution in [0.15, 0.2) is 0 Å². The first-order valence-corrected chi connectivity index (χ1v) is 6.04. The molecule has 0 saturated heterocycles. The fourth-order valence-electron chi connectivity index (χ4n) is 1.05. The van der Waals surface area contributed by atoms with Gasteiger partial charge in [-0.3, -0.25) is 4.55 Å². The number of unbranched alkanes of at least 4 members (excludes halogenated alkanes) is 5. The molecule has 0 radical (unpaired) electrons. The smallest absolute Gasteiger partial charge is 1.00 e. The van der Waals surface area contributed by atoms with Gasteiger partial charge in [-0.15, -0.1) is 0 Å². The molecule has 0 heterocycles. The van der Waals surface area contributed by atoms with Gasteiger partial charge in [-0.2, -0.15) is 8.42 Å². The van der Waals surface area contributed by atoms with Gasteiger partial charge < -0.3 is 2.85 Å². The molecule has 0 saturated carbocycles. The van der Waals surface area contributed by atoms with E-state index < -0.39 is 10.4 Å². The average Bonchev–Trinajstić information content (AvgIpc) is 2.01. The number of rotatable bonds is 8. The maximum Gasteiger partial charge on any atom is 1.00 e. The van der Waals surface area contributed by atoms with Gasteiger partial charge in [0.05, 0.1) is 6.61 Å². The third-order valence-electron chi connectivity index (χ3n) is 1.73.